The molecule has 222 valence electrons. The van der Waals surface area contributed by atoms with Gasteiger partial charge in [-0.25, -0.2) is 15.0 Å². The van der Waals surface area contributed by atoms with Gasteiger partial charge in [0.25, 0.3) is 0 Å². The molecular weight excluding hydrogens is 553 g/mol. The lowest BCUT2D eigenvalue weighted by molar-refractivity contribution is -0.0894. The van der Waals surface area contributed by atoms with E-state index in [0.717, 1.165) is 33.4 Å². The predicted octanol–water partition coefficient (Wildman–Crippen LogP) is 7.75. The first-order chi connectivity index (χ1) is 21.7. The highest BCUT2D eigenvalue weighted by Gasteiger charge is 2.36. The second kappa shape index (κ2) is 12.6. The molecule has 0 saturated heterocycles. The molecule has 0 fully saturated rings. The van der Waals surface area contributed by atoms with E-state index in [0.29, 0.717) is 17.4 Å². The van der Waals surface area contributed by atoms with Crippen LogP contribution in [0.2, 0.25) is 0 Å². The number of hydrogen-bond donors (Lipinski definition) is 1. The number of nitrogens with zero attached hydrogens (tertiary/aromatic N) is 3. The minimum Gasteiger partial charge on any atom is -0.423 e. The Balaban J connectivity index is 1.33. The monoisotopic (exact) mass is 589 g/mol. The van der Waals surface area contributed by atoms with Crippen LogP contribution in [-0.4, -0.2) is 38.7 Å². The van der Waals surface area contributed by atoms with Gasteiger partial charge in [0, 0.05) is 11.1 Å². The number of aliphatic hydroxyl groups is 1. The molecule has 0 aliphatic rings. The van der Waals surface area contributed by atoms with Crippen LogP contribution in [0.5, 0.6) is 0 Å². The lowest BCUT2D eigenvalue weighted by Crippen LogP contribution is -2.49. The Kier molecular flexibility index (Phi) is 8.44. The highest BCUT2D eigenvalue weighted by atomic mass is 16.5. The van der Waals surface area contributed by atoms with Crippen molar-refractivity contribution in [1.82, 2.24) is 15.0 Å². The lowest BCUT2D eigenvalue weighted by Gasteiger charge is -2.37. The molecule has 0 radical (unpaired) electrons. The zero-order valence-electron chi connectivity index (χ0n) is 26.1. The Labute approximate surface area is 265 Å². The molecule has 6 rings (SSSR count). The first-order valence-electron chi connectivity index (χ1n) is 15.2. The average Bonchev–Trinajstić information content (AvgIpc) is 3.08. The summed E-state index contributed by atoms with van der Waals surface area (Å²) in [5.41, 5.74) is 7.24. The Morgan fingerprint density at radius 3 is 1.38 bits per heavy atom. The molecule has 1 N–H and O–H groups in total. The maximum Gasteiger partial charge on any atom is 0.353 e. The molecule has 6 aromatic rings. The molecule has 0 amide bonds. The first kappa shape index (κ1) is 30.1. The Bertz CT molecular complexity index is 1880. The van der Waals surface area contributed by atoms with Crippen LogP contribution in [0.3, 0.4) is 0 Å². The fourth-order valence-corrected chi connectivity index (χ4v) is 4.93. The van der Waals surface area contributed by atoms with Gasteiger partial charge in [-0.15, -0.1) is 0 Å². The minimum absolute atomic E-state index is 0.129. The van der Waals surface area contributed by atoms with Gasteiger partial charge in [0.1, 0.15) is 5.72 Å². The average molecular weight is 590 g/mol. The molecular formula is C39H36BN3O2. The van der Waals surface area contributed by atoms with E-state index in [-0.39, 0.29) is 7.48 Å². The molecule has 1 aromatic heterocycles. The number of hydrogen-bond acceptors (Lipinski definition) is 5. The second-order valence-corrected chi connectivity index (χ2v) is 12.2. The van der Waals surface area contributed by atoms with Crippen LogP contribution in [0, 0.1) is 0 Å². The van der Waals surface area contributed by atoms with Crippen LogP contribution in [0.1, 0.15) is 27.7 Å². The third-order valence-corrected chi connectivity index (χ3v) is 8.41. The summed E-state index contributed by atoms with van der Waals surface area (Å²) in [6.07, 6.45) is 0. The SMILES string of the molecule is CC(C)(O)C(C)(C)OBc1nc(-c2ccc(-c3ccc(-c4ccccc4)cc3)cc2)nc(-c2cccc(-c3ccccc3)c2)n1. The third-order valence-electron chi connectivity index (χ3n) is 8.41. The third kappa shape index (κ3) is 6.93. The quantitative estimate of drug-likeness (QED) is 0.175. The van der Waals surface area contributed by atoms with Gasteiger partial charge in [-0.05, 0) is 67.1 Å². The number of benzene rings is 5. The Hall–Kier alpha value is -4.91. The van der Waals surface area contributed by atoms with E-state index in [4.69, 9.17) is 19.6 Å². The van der Waals surface area contributed by atoms with Crippen molar-refractivity contribution in [3.05, 3.63) is 133 Å². The number of aromatic nitrogens is 3. The van der Waals surface area contributed by atoms with Crippen molar-refractivity contribution < 1.29 is 9.76 Å². The summed E-state index contributed by atoms with van der Waals surface area (Å²) in [4.78, 5) is 14.6. The van der Waals surface area contributed by atoms with E-state index < -0.39 is 11.2 Å². The van der Waals surface area contributed by atoms with Gasteiger partial charge in [-0.2, -0.15) is 0 Å². The highest BCUT2D eigenvalue weighted by Crippen LogP contribution is 2.29. The minimum atomic E-state index is -1.05. The summed E-state index contributed by atoms with van der Waals surface area (Å²) in [6, 6.07) is 45.8. The summed E-state index contributed by atoms with van der Waals surface area (Å²) >= 11 is 0. The summed E-state index contributed by atoms with van der Waals surface area (Å²) in [5, 5.41) is 10.6. The maximum absolute atomic E-state index is 10.6. The van der Waals surface area contributed by atoms with Crippen LogP contribution in [0.4, 0.5) is 0 Å². The van der Waals surface area contributed by atoms with E-state index in [9.17, 15) is 5.11 Å². The second-order valence-electron chi connectivity index (χ2n) is 12.2. The molecule has 1 heterocycles. The van der Waals surface area contributed by atoms with Crippen molar-refractivity contribution in [1.29, 1.82) is 0 Å². The van der Waals surface area contributed by atoms with Crippen molar-refractivity contribution in [2.45, 2.75) is 38.9 Å². The van der Waals surface area contributed by atoms with Crippen molar-refractivity contribution in [2.24, 2.45) is 0 Å². The van der Waals surface area contributed by atoms with Crippen molar-refractivity contribution in [3.63, 3.8) is 0 Å². The Morgan fingerprint density at radius 2 is 0.867 bits per heavy atom. The van der Waals surface area contributed by atoms with Gasteiger partial charge in [0.15, 0.2) is 11.6 Å². The predicted molar refractivity (Wildman–Crippen MR) is 185 cm³/mol. The number of rotatable bonds is 9. The van der Waals surface area contributed by atoms with Crippen LogP contribution in [0.25, 0.3) is 56.2 Å². The molecule has 0 bridgehead atoms. The van der Waals surface area contributed by atoms with E-state index in [1.807, 2.05) is 62.4 Å². The topological polar surface area (TPSA) is 68.1 Å². The van der Waals surface area contributed by atoms with Gasteiger partial charge in [0.2, 0.25) is 0 Å². The van der Waals surface area contributed by atoms with Gasteiger partial charge >= 0.3 is 7.48 Å². The van der Waals surface area contributed by atoms with Gasteiger partial charge in [0.05, 0.1) is 11.2 Å². The molecule has 6 heteroatoms. The zero-order chi connectivity index (χ0) is 31.4. The van der Waals surface area contributed by atoms with E-state index in [1.165, 1.54) is 11.1 Å². The van der Waals surface area contributed by atoms with Gasteiger partial charge < -0.3 is 9.76 Å². The molecule has 0 unspecified atom stereocenters. The molecule has 0 aliphatic carbocycles. The van der Waals surface area contributed by atoms with Crippen molar-refractivity contribution >= 4 is 13.2 Å². The zero-order valence-corrected chi connectivity index (χ0v) is 26.1. The van der Waals surface area contributed by atoms with Crippen LogP contribution in [0.15, 0.2) is 133 Å². The molecule has 0 aliphatic heterocycles. The standard InChI is InChI=1S/C39H36BN3O2/c1-38(2,44)39(3,4)45-40-37-42-35(41-36(43-37)34-17-11-16-33(26-34)28-14-9-6-10-15-28)32-24-22-31(23-25-32)30-20-18-29(19-21-30)27-12-7-5-8-13-27/h5-26,40,44H,1-4H3. The van der Waals surface area contributed by atoms with Crippen LogP contribution >= 0.6 is 0 Å². The van der Waals surface area contributed by atoms with Crippen LogP contribution < -0.4 is 5.72 Å². The molecule has 5 aromatic carbocycles. The summed E-state index contributed by atoms with van der Waals surface area (Å²) in [7, 11) is 0.129. The maximum atomic E-state index is 10.6. The first-order valence-corrected chi connectivity index (χ1v) is 15.2. The van der Waals surface area contributed by atoms with Crippen molar-refractivity contribution in [2.75, 3.05) is 0 Å². The summed E-state index contributed by atoms with van der Waals surface area (Å²) in [5.74, 6) is 1.13. The van der Waals surface area contributed by atoms with E-state index in [1.54, 1.807) is 13.8 Å². The largest absolute Gasteiger partial charge is 0.423 e. The normalized spacial score (nSPS) is 11.8. The fourth-order valence-electron chi connectivity index (χ4n) is 4.93. The van der Waals surface area contributed by atoms with Gasteiger partial charge in [-0.1, -0.05) is 127 Å². The highest BCUT2D eigenvalue weighted by molar-refractivity contribution is 6.44. The lowest BCUT2D eigenvalue weighted by atomic mass is 9.86. The van der Waals surface area contributed by atoms with Crippen molar-refractivity contribution in [3.8, 4) is 56.2 Å². The summed E-state index contributed by atoms with van der Waals surface area (Å²) in [6.45, 7) is 7.21. The molecule has 0 atom stereocenters. The van der Waals surface area contributed by atoms with E-state index >= 15 is 0 Å². The van der Waals surface area contributed by atoms with Gasteiger partial charge in [-0.3, -0.25) is 0 Å². The fraction of sp³-hybridized carbons (Fsp3) is 0.154. The molecule has 5 nitrogen and oxygen atoms in total. The van der Waals surface area contributed by atoms with E-state index in [2.05, 4.69) is 84.9 Å². The molecule has 45 heavy (non-hydrogen) atoms. The van der Waals surface area contributed by atoms with Crippen LogP contribution in [-0.2, 0) is 4.65 Å². The smallest absolute Gasteiger partial charge is 0.353 e. The summed E-state index contributed by atoms with van der Waals surface area (Å²) < 4.78 is 6.17. The Morgan fingerprint density at radius 1 is 0.467 bits per heavy atom. The molecule has 0 saturated carbocycles. The molecule has 0 spiro atoms.